The van der Waals surface area contributed by atoms with Gasteiger partial charge >= 0.3 is 6.16 Å². The number of fused-ring (bicyclic) bond motifs is 1. The SMILES string of the molecule is CCOC(=O)OCC1CC(O)CC(c2ccc(CC)c(Cc3ccc4c(c3)OCCO4)c2)O1. The molecule has 0 aliphatic carbocycles. The lowest BCUT2D eigenvalue weighted by Crippen LogP contribution is -2.35. The first-order valence-electron chi connectivity index (χ1n) is 11.7. The molecule has 178 valence electrons. The average molecular weight is 457 g/mol. The maximum atomic E-state index is 11.5. The van der Waals surface area contributed by atoms with Gasteiger partial charge in [0, 0.05) is 12.8 Å². The van der Waals surface area contributed by atoms with E-state index >= 15 is 0 Å². The van der Waals surface area contributed by atoms with Crippen LogP contribution in [-0.2, 0) is 27.1 Å². The van der Waals surface area contributed by atoms with Gasteiger partial charge in [0.2, 0.25) is 0 Å². The number of rotatable bonds is 7. The quantitative estimate of drug-likeness (QED) is 0.620. The lowest BCUT2D eigenvalue weighted by molar-refractivity contribution is -0.118. The van der Waals surface area contributed by atoms with Gasteiger partial charge in [-0.05, 0) is 54.2 Å². The largest absolute Gasteiger partial charge is 0.508 e. The monoisotopic (exact) mass is 456 g/mol. The lowest BCUT2D eigenvalue weighted by atomic mass is 9.91. The van der Waals surface area contributed by atoms with E-state index in [9.17, 15) is 9.90 Å². The van der Waals surface area contributed by atoms with E-state index in [-0.39, 0.29) is 25.4 Å². The number of ether oxygens (including phenoxy) is 5. The Morgan fingerprint density at radius 1 is 1.00 bits per heavy atom. The number of hydrogen-bond acceptors (Lipinski definition) is 7. The van der Waals surface area contributed by atoms with Crippen molar-refractivity contribution in [2.24, 2.45) is 0 Å². The number of aryl methyl sites for hydroxylation is 1. The minimum absolute atomic E-state index is 0.0590. The summed E-state index contributed by atoms with van der Waals surface area (Å²) in [5, 5.41) is 10.4. The molecule has 1 N–H and O–H groups in total. The van der Waals surface area contributed by atoms with Crippen LogP contribution in [0.15, 0.2) is 36.4 Å². The van der Waals surface area contributed by atoms with Crippen molar-refractivity contribution in [1.82, 2.24) is 0 Å². The molecule has 7 nitrogen and oxygen atoms in total. The number of aliphatic hydroxyl groups excluding tert-OH is 1. The molecule has 2 aromatic carbocycles. The number of carbonyl (C=O) groups is 1. The fourth-order valence-corrected chi connectivity index (χ4v) is 4.41. The third kappa shape index (κ3) is 5.97. The van der Waals surface area contributed by atoms with E-state index in [0.29, 0.717) is 26.1 Å². The molecule has 1 fully saturated rings. The predicted molar refractivity (Wildman–Crippen MR) is 122 cm³/mol. The van der Waals surface area contributed by atoms with Gasteiger partial charge in [-0.25, -0.2) is 4.79 Å². The van der Waals surface area contributed by atoms with Crippen molar-refractivity contribution in [2.75, 3.05) is 26.4 Å². The van der Waals surface area contributed by atoms with Gasteiger partial charge in [0.1, 0.15) is 19.8 Å². The van der Waals surface area contributed by atoms with Crippen molar-refractivity contribution in [3.8, 4) is 11.5 Å². The molecule has 2 aliphatic rings. The summed E-state index contributed by atoms with van der Waals surface area (Å²) in [7, 11) is 0. The highest BCUT2D eigenvalue weighted by atomic mass is 16.7. The Kier molecular flexibility index (Phi) is 7.73. The Morgan fingerprint density at radius 3 is 2.61 bits per heavy atom. The van der Waals surface area contributed by atoms with Crippen LogP contribution in [0.3, 0.4) is 0 Å². The third-order valence-electron chi connectivity index (χ3n) is 6.01. The molecule has 4 rings (SSSR count). The fraction of sp³-hybridized carbons (Fsp3) is 0.500. The predicted octanol–water partition coefficient (Wildman–Crippen LogP) is 4.37. The minimum Gasteiger partial charge on any atom is -0.486 e. The third-order valence-corrected chi connectivity index (χ3v) is 6.01. The van der Waals surface area contributed by atoms with Gasteiger partial charge < -0.3 is 28.8 Å². The first-order chi connectivity index (χ1) is 16.1. The standard InChI is InChI=1S/C26H32O7/c1-3-18-6-7-19(24-15-21(27)14-22(33-24)16-32-26(28)29-4-2)13-20(18)11-17-5-8-23-25(12-17)31-10-9-30-23/h5-8,12-13,21-22,24,27H,3-4,9-11,14-16H2,1-2H3. The average Bonchev–Trinajstić information content (AvgIpc) is 2.82. The Balaban J connectivity index is 1.49. The number of aliphatic hydroxyl groups is 1. The highest BCUT2D eigenvalue weighted by molar-refractivity contribution is 5.59. The van der Waals surface area contributed by atoms with Gasteiger partial charge in [-0.1, -0.05) is 31.2 Å². The summed E-state index contributed by atoms with van der Waals surface area (Å²) < 4.78 is 27.5. The zero-order valence-corrected chi connectivity index (χ0v) is 19.2. The summed E-state index contributed by atoms with van der Waals surface area (Å²) in [6.07, 6.45) is 0.726. The van der Waals surface area contributed by atoms with Crippen LogP contribution in [0.1, 0.15) is 55.0 Å². The van der Waals surface area contributed by atoms with E-state index < -0.39 is 12.3 Å². The molecule has 0 bridgehead atoms. The second kappa shape index (κ2) is 10.9. The molecular formula is C26H32O7. The zero-order chi connectivity index (χ0) is 23.2. The van der Waals surface area contributed by atoms with Crippen LogP contribution in [0, 0.1) is 0 Å². The Morgan fingerprint density at radius 2 is 1.82 bits per heavy atom. The summed E-state index contributed by atoms with van der Waals surface area (Å²) in [5.74, 6) is 1.58. The molecule has 0 aromatic heterocycles. The number of hydrogen-bond donors (Lipinski definition) is 1. The number of carbonyl (C=O) groups excluding carboxylic acids is 1. The van der Waals surface area contributed by atoms with E-state index in [4.69, 9.17) is 23.7 Å². The first-order valence-corrected chi connectivity index (χ1v) is 11.7. The first kappa shape index (κ1) is 23.4. The second-order valence-electron chi connectivity index (χ2n) is 8.40. The van der Waals surface area contributed by atoms with Crippen LogP contribution in [0.25, 0.3) is 0 Å². The summed E-state index contributed by atoms with van der Waals surface area (Å²) in [5.41, 5.74) is 4.65. The Hall–Kier alpha value is -2.77. The van der Waals surface area contributed by atoms with Crippen molar-refractivity contribution in [3.05, 3.63) is 58.7 Å². The Bertz CT molecular complexity index is 958. The van der Waals surface area contributed by atoms with Crippen molar-refractivity contribution in [2.45, 2.75) is 57.8 Å². The van der Waals surface area contributed by atoms with Gasteiger partial charge in [-0.15, -0.1) is 0 Å². The van der Waals surface area contributed by atoms with Crippen LogP contribution in [0.4, 0.5) is 4.79 Å². The summed E-state index contributed by atoms with van der Waals surface area (Å²) in [6, 6.07) is 12.5. The highest BCUT2D eigenvalue weighted by Crippen LogP contribution is 2.35. The maximum absolute atomic E-state index is 11.5. The molecule has 1 saturated heterocycles. The molecule has 2 heterocycles. The van der Waals surface area contributed by atoms with Crippen LogP contribution in [0.5, 0.6) is 11.5 Å². The van der Waals surface area contributed by atoms with Crippen LogP contribution < -0.4 is 9.47 Å². The zero-order valence-electron chi connectivity index (χ0n) is 19.2. The molecule has 3 unspecified atom stereocenters. The van der Waals surface area contributed by atoms with Gasteiger partial charge in [0.15, 0.2) is 11.5 Å². The van der Waals surface area contributed by atoms with Crippen molar-refractivity contribution in [3.63, 3.8) is 0 Å². The Labute approximate surface area is 194 Å². The molecule has 2 aliphatic heterocycles. The van der Waals surface area contributed by atoms with Gasteiger partial charge in [-0.3, -0.25) is 0 Å². The molecule has 2 aromatic rings. The highest BCUT2D eigenvalue weighted by Gasteiger charge is 2.30. The molecular weight excluding hydrogens is 424 g/mol. The summed E-state index contributed by atoms with van der Waals surface area (Å²) >= 11 is 0. The maximum Gasteiger partial charge on any atom is 0.508 e. The lowest BCUT2D eigenvalue weighted by Gasteiger charge is -2.33. The minimum atomic E-state index is -0.716. The van der Waals surface area contributed by atoms with Gasteiger partial charge in [0.05, 0.1) is 24.9 Å². The fourth-order valence-electron chi connectivity index (χ4n) is 4.41. The van der Waals surface area contributed by atoms with Crippen LogP contribution in [0.2, 0.25) is 0 Å². The smallest absolute Gasteiger partial charge is 0.486 e. The van der Waals surface area contributed by atoms with Crippen molar-refractivity contribution >= 4 is 6.16 Å². The summed E-state index contributed by atoms with van der Waals surface area (Å²) in [4.78, 5) is 11.5. The van der Waals surface area contributed by atoms with Crippen LogP contribution >= 0.6 is 0 Å². The second-order valence-corrected chi connectivity index (χ2v) is 8.40. The summed E-state index contributed by atoms with van der Waals surface area (Å²) in [6.45, 7) is 5.32. The van der Waals surface area contributed by atoms with E-state index in [1.807, 2.05) is 12.1 Å². The van der Waals surface area contributed by atoms with E-state index in [2.05, 4.69) is 31.2 Å². The number of benzene rings is 2. The molecule has 33 heavy (non-hydrogen) atoms. The van der Waals surface area contributed by atoms with E-state index in [1.54, 1.807) is 6.92 Å². The molecule has 7 heteroatoms. The van der Waals surface area contributed by atoms with Crippen LogP contribution in [-0.4, -0.2) is 49.9 Å². The molecule has 0 radical (unpaired) electrons. The molecule has 0 amide bonds. The van der Waals surface area contributed by atoms with Gasteiger partial charge in [0.25, 0.3) is 0 Å². The van der Waals surface area contributed by atoms with Crippen molar-refractivity contribution < 1.29 is 33.6 Å². The van der Waals surface area contributed by atoms with Crippen molar-refractivity contribution in [1.29, 1.82) is 0 Å². The normalized spacial score (nSPS) is 22.0. The molecule has 3 atom stereocenters. The van der Waals surface area contributed by atoms with E-state index in [0.717, 1.165) is 35.5 Å². The van der Waals surface area contributed by atoms with Gasteiger partial charge in [-0.2, -0.15) is 0 Å². The molecule has 0 saturated carbocycles. The van der Waals surface area contributed by atoms with E-state index in [1.165, 1.54) is 11.1 Å². The molecule has 0 spiro atoms. The topological polar surface area (TPSA) is 83.5 Å².